The fourth-order valence-corrected chi connectivity index (χ4v) is 3.34. The molecule has 0 aromatic carbocycles. The number of rotatable bonds is 0. The molecular weight excluding hydrogens is 244 g/mol. The van der Waals surface area contributed by atoms with Gasteiger partial charge in [0.2, 0.25) is 0 Å². The number of carbonyl (C=O) groups is 1. The summed E-state index contributed by atoms with van der Waals surface area (Å²) in [5.41, 5.74) is 2.62. The van der Waals surface area contributed by atoms with E-state index in [-0.39, 0.29) is 18.2 Å². The van der Waals surface area contributed by atoms with Gasteiger partial charge in [0, 0.05) is 12.0 Å². The molecule has 3 heterocycles. The third-order valence-electron chi connectivity index (χ3n) is 4.43. The van der Waals surface area contributed by atoms with Crippen molar-refractivity contribution in [3.8, 4) is 0 Å². The molecule has 3 atom stereocenters. The van der Waals surface area contributed by atoms with Gasteiger partial charge in [0.1, 0.15) is 11.9 Å². The maximum Gasteiger partial charge on any atom is 0.342 e. The van der Waals surface area contributed by atoms with Gasteiger partial charge in [-0.05, 0) is 32.3 Å². The number of ether oxygens (including phenoxy) is 2. The second-order valence-electron chi connectivity index (χ2n) is 5.78. The van der Waals surface area contributed by atoms with Crippen LogP contribution in [-0.2, 0) is 20.7 Å². The summed E-state index contributed by atoms with van der Waals surface area (Å²) in [6.07, 6.45) is 5.84. The Morgan fingerprint density at radius 2 is 2.21 bits per heavy atom. The number of aryl methyl sites for hydroxylation is 1. The van der Waals surface area contributed by atoms with Crippen LogP contribution < -0.4 is 0 Å². The normalized spacial score (nSPS) is 38.8. The van der Waals surface area contributed by atoms with Crippen LogP contribution in [0.25, 0.3) is 0 Å². The van der Waals surface area contributed by atoms with Gasteiger partial charge in [-0.1, -0.05) is 11.6 Å². The highest BCUT2D eigenvalue weighted by molar-refractivity contribution is 5.87. The van der Waals surface area contributed by atoms with E-state index < -0.39 is 5.60 Å². The molecule has 4 nitrogen and oxygen atoms in total. The number of esters is 1. The third kappa shape index (κ3) is 1.40. The number of hydrogen-bond acceptors (Lipinski definition) is 4. The highest BCUT2D eigenvalue weighted by atomic mass is 16.7. The standard InChI is InChI=1S/C15H16O4/c1-8-4-3-5-15-13(19-15)12(18-14(15)16)11-9(2)7-17-10(11)6-8/h4,7,12-13H,3,5-6H2,1-2H3/b8-4+/t12-,13-,15+/m0/s1. The van der Waals surface area contributed by atoms with Crippen LogP contribution >= 0.6 is 0 Å². The topological polar surface area (TPSA) is 52.0 Å². The van der Waals surface area contributed by atoms with E-state index in [0.717, 1.165) is 36.1 Å². The molecule has 0 N–H and O–H groups in total. The predicted octanol–water partition coefficient (Wildman–Crippen LogP) is 2.61. The minimum absolute atomic E-state index is 0.123. The smallest absolute Gasteiger partial charge is 0.342 e. The lowest BCUT2D eigenvalue weighted by molar-refractivity contribution is -0.154. The number of epoxide rings is 1. The van der Waals surface area contributed by atoms with Crippen LogP contribution in [0, 0.1) is 6.92 Å². The molecule has 2 bridgehead atoms. The van der Waals surface area contributed by atoms with Gasteiger partial charge in [-0.15, -0.1) is 0 Å². The minimum atomic E-state index is -0.681. The zero-order valence-corrected chi connectivity index (χ0v) is 11.1. The highest BCUT2D eigenvalue weighted by Gasteiger charge is 2.73. The van der Waals surface area contributed by atoms with Crippen LogP contribution in [0.15, 0.2) is 22.3 Å². The first kappa shape index (κ1) is 11.3. The number of allylic oxidation sites excluding steroid dienone is 2. The molecule has 0 radical (unpaired) electrons. The van der Waals surface area contributed by atoms with Crippen LogP contribution in [-0.4, -0.2) is 17.7 Å². The number of hydrogen-bond donors (Lipinski definition) is 0. The quantitative estimate of drug-likeness (QED) is 0.409. The van der Waals surface area contributed by atoms with Gasteiger partial charge in [0.25, 0.3) is 0 Å². The molecule has 2 fully saturated rings. The zero-order chi connectivity index (χ0) is 13.2. The summed E-state index contributed by atoms with van der Waals surface area (Å²) in [7, 11) is 0. The van der Waals surface area contributed by atoms with Crippen molar-refractivity contribution in [2.24, 2.45) is 0 Å². The molecular formula is C15H16O4. The van der Waals surface area contributed by atoms with Gasteiger partial charge < -0.3 is 13.9 Å². The molecule has 0 saturated carbocycles. The number of fused-ring (bicyclic) bond motifs is 2. The highest BCUT2D eigenvalue weighted by Crippen LogP contribution is 2.57. The Hall–Kier alpha value is -1.55. The van der Waals surface area contributed by atoms with E-state index >= 15 is 0 Å². The van der Waals surface area contributed by atoms with Crippen LogP contribution in [0.4, 0.5) is 0 Å². The Labute approximate surface area is 111 Å². The lowest BCUT2D eigenvalue weighted by Crippen LogP contribution is -2.22. The summed E-state index contributed by atoms with van der Waals surface area (Å²) >= 11 is 0. The van der Waals surface area contributed by atoms with Crippen molar-refractivity contribution in [2.75, 3.05) is 0 Å². The van der Waals surface area contributed by atoms with Crippen LogP contribution in [0.3, 0.4) is 0 Å². The van der Waals surface area contributed by atoms with Crippen molar-refractivity contribution in [1.82, 2.24) is 0 Å². The van der Waals surface area contributed by atoms with E-state index in [2.05, 4.69) is 13.0 Å². The van der Waals surface area contributed by atoms with Crippen molar-refractivity contribution >= 4 is 5.97 Å². The summed E-state index contributed by atoms with van der Waals surface area (Å²) in [4.78, 5) is 12.1. The lowest BCUT2D eigenvalue weighted by Gasteiger charge is -2.13. The first-order valence-electron chi connectivity index (χ1n) is 6.73. The second-order valence-corrected chi connectivity index (χ2v) is 5.78. The fraction of sp³-hybridized carbons (Fsp3) is 0.533. The Kier molecular flexibility index (Phi) is 2.09. The van der Waals surface area contributed by atoms with Gasteiger partial charge in [0.05, 0.1) is 6.26 Å². The van der Waals surface area contributed by atoms with Gasteiger partial charge in [0.15, 0.2) is 11.7 Å². The molecule has 0 amide bonds. The number of furan rings is 1. The van der Waals surface area contributed by atoms with Crippen molar-refractivity contribution < 1.29 is 18.7 Å². The van der Waals surface area contributed by atoms with Gasteiger partial charge in [-0.3, -0.25) is 0 Å². The summed E-state index contributed by atoms with van der Waals surface area (Å²) in [5.74, 6) is 0.694. The maximum absolute atomic E-state index is 12.1. The van der Waals surface area contributed by atoms with E-state index in [1.807, 2.05) is 6.92 Å². The second kappa shape index (κ2) is 3.51. The molecule has 1 aromatic rings. The first-order valence-corrected chi connectivity index (χ1v) is 6.73. The molecule has 0 unspecified atom stereocenters. The summed E-state index contributed by atoms with van der Waals surface area (Å²) < 4.78 is 16.9. The Morgan fingerprint density at radius 1 is 1.37 bits per heavy atom. The molecule has 2 saturated heterocycles. The van der Waals surface area contributed by atoms with Crippen molar-refractivity contribution in [2.45, 2.75) is 50.9 Å². The first-order chi connectivity index (χ1) is 9.12. The Balaban J connectivity index is 1.85. The van der Waals surface area contributed by atoms with Crippen molar-refractivity contribution in [3.05, 3.63) is 34.8 Å². The Bertz CT molecular complexity index is 597. The Morgan fingerprint density at radius 3 is 3.00 bits per heavy atom. The average molecular weight is 260 g/mol. The van der Waals surface area contributed by atoms with Crippen LogP contribution in [0.2, 0.25) is 0 Å². The molecule has 1 aromatic heterocycles. The van der Waals surface area contributed by atoms with E-state index in [1.165, 1.54) is 5.57 Å². The lowest BCUT2D eigenvalue weighted by atomic mass is 9.91. The van der Waals surface area contributed by atoms with E-state index in [9.17, 15) is 4.79 Å². The molecule has 3 aliphatic rings. The minimum Gasteiger partial charge on any atom is -0.468 e. The third-order valence-corrected chi connectivity index (χ3v) is 4.43. The molecule has 4 heteroatoms. The van der Waals surface area contributed by atoms with Crippen molar-refractivity contribution in [3.63, 3.8) is 0 Å². The van der Waals surface area contributed by atoms with Crippen LogP contribution in [0.5, 0.6) is 0 Å². The maximum atomic E-state index is 12.1. The molecule has 19 heavy (non-hydrogen) atoms. The van der Waals surface area contributed by atoms with Gasteiger partial charge in [-0.2, -0.15) is 0 Å². The van der Waals surface area contributed by atoms with E-state index in [4.69, 9.17) is 13.9 Å². The molecule has 100 valence electrons. The molecule has 2 aliphatic heterocycles. The van der Waals surface area contributed by atoms with Crippen molar-refractivity contribution in [1.29, 1.82) is 0 Å². The SMILES string of the molecule is C/C1=C\CC[C@@]23O[C@H]2[C@@H](OC3=O)c2c(C)coc2C1. The summed E-state index contributed by atoms with van der Waals surface area (Å²) in [5, 5.41) is 0. The van der Waals surface area contributed by atoms with E-state index in [0.29, 0.717) is 0 Å². The average Bonchev–Trinajstić information content (AvgIpc) is 2.91. The van der Waals surface area contributed by atoms with Gasteiger partial charge in [-0.25, -0.2) is 4.79 Å². The molecule has 4 rings (SSSR count). The molecule has 0 spiro atoms. The van der Waals surface area contributed by atoms with E-state index in [1.54, 1.807) is 6.26 Å². The predicted molar refractivity (Wildman–Crippen MR) is 66.6 cm³/mol. The summed E-state index contributed by atoms with van der Waals surface area (Å²) in [6.45, 7) is 4.08. The number of carbonyl (C=O) groups excluding carboxylic acids is 1. The monoisotopic (exact) mass is 260 g/mol. The summed E-state index contributed by atoms with van der Waals surface area (Å²) in [6, 6.07) is 0. The zero-order valence-electron chi connectivity index (χ0n) is 11.1. The van der Waals surface area contributed by atoms with Gasteiger partial charge >= 0.3 is 5.97 Å². The fourth-order valence-electron chi connectivity index (χ4n) is 3.34. The largest absolute Gasteiger partial charge is 0.468 e. The van der Waals surface area contributed by atoms with Crippen LogP contribution in [0.1, 0.15) is 42.8 Å². The molecule has 1 aliphatic carbocycles.